The second-order valence-corrected chi connectivity index (χ2v) is 9.57. The highest BCUT2D eigenvalue weighted by Gasteiger charge is 2.54. The van der Waals surface area contributed by atoms with Gasteiger partial charge in [0.15, 0.2) is 6.04 Å². The number of aldehydes is 1. The van der Waals surface area contributed by atoms with E-state index in [2.05, 4.69) is 10.6 Å². The molecule has 1 aromatic carbocycles. The molecule has 4 amide bonds. The summed E-state index contributed by atoms with van der Waals surface area (Å²) in [6, 6.07) is 0.524. The number of alkyl halides is 3. The van der Waals surface area contributed by atoms with Gasteiger partial charge in [-0.3, -0.25) is 14.9 Å². The smallest absolute Gasteiger partial charge is 0.424 e. The topological polar surface area (TPSA) is 130 Å². The summed E-state index contributed by atoms with van der Waals surface area (Å²) in [4.78, 5) is 62.1. The summed E-state index contributed by atoms with van der Waals surface area (Å²) in [7, 11) is 0. The highest BCUT2D eigenvalue weighted by Crippen LogP contribution is 2.33. The average Bonchev–Trinajstić information content (AvgIpc) is 3.26. The maximum atomic E-state index is 13.8. The van der Waals surface area contributed by atoms with Crippen molar-refractivity contribution in [2.45, 2.75) is 58.3 Å². The standard InChI is InChI=1S/C23H28F3N3O6/c1-22(2,3)18(28-19(33)15-8-4-5-9-16(15)23(24,25)26)20(34)29(10-6-7-11-29)21(35)27-14(13-30)12-17(31)32/h4-5,8-9,13-14,18H,6-7,10-12H2,1-3H3,(H2-,27,28,31,32,33,35)/p+1/t14-,18+/m0/s1. The molecule has 1 saturated heterocycles. The van der Waals surface area contributed by atoms with Crippen LogP contribution in [0.4, 0.5) is 18.0 Å². The van der Waals surface area contributed by atoms with Crippen LogP contribution >= 0.6 is 0 Å². The largest absolute Gasteiger partial charge is 0.481 e. The van der Waals surface area contributed by atoms with Crippen molar-refractivity contribution in [3.05, 3.63) is 35.4 Å². The number of rotatable bonds is 7. The quantitative estimate of drug-likeness (QED) is 0.390. The van der Waals surface area contributed by atoms with Gasteiger partial charge in [-0.15, -0.1) is 0 Å². The Morgan fingerprint density at radius 1 is 1.06 bits per heavy atom. The van der Waals surface area contributed by atoms with Gasteiger partial charge >= 0.3 is 24.1 Å². The van der Waals surface area contributed by atoms with Crippen molar-refractivity contribution >= 4 is 30.1 Å². The predicted octanol–water partition coefficient (Wildman–Crippen LogP) is 2.74. The lowest BCUT2D eigenvalue weighted by molar-refractivity contribution is -0.761. The predicted molar refractivity (Wildman–Crippen MR) is 117 cm³/mol. The molecule has 0 aromatic heterocycles. The summed E-state index contributed by atoms with van der Waals surface area (Å²) < 4.78 is 39.5. The number of amides is 4. The van der Waals surface area contributed by atoms with E-state index < -0.39 is 69.5 Å². The lowest BCUT2D eigenvalue weighted by atomic mass is 9.85. The molecule has 2 rings (SSSR count). The van der Waals surface area contributed by atoms with E-state index in [0.717, 1.165) is 18.2 Å². The van der Waals surface area contributed by atoms with E-state index in [-0.39, 0.29) is 19.4 Å². The molecule has 0 aliphatic carbocycles. The van der Waals surface area contributed by atoms with Crippen molar-refractivity contribution in [2.75, 3.05) is 13.1 Å². The lowest BCUT2D eigenvalue weighted by Gasteiger charge is -2.37. The monoisotopic (exact) mass is 500 g/mol. The van der Waals surface area contributed by atoms with E-state index in [1.165, 1.54) is 6.07 Å². The van der Waals surface area contributed by atoms with Gasteiger partial charge in [0.05, 0.1) is 30.6 Å². The van der Waals surface area contributed by atoms with E-state index in [1.807, 2.05) is 0 Å². The van der Waals surface area contributed by atoms with Crippen molar-refractivity contribution < 1.29 is 46.7 Å². The number of carboxylic acids is 1. The number of hydrogen-bond donors (Lipinski definition) is 3. The number of aliphatic carboxylic acids is 1. The number of halogens is 3. The molecule has 0 saturated carbocycles. The first kappa shape index (κ1) is 28.0. The zero-order chi connectivity index (χ0) is 26.6. The first-order valence-corrected chi connectivity index (χ1v) is 11.0. The van der Waals surface area contributed by atoms with E-state index in [1.54, 1.807) is 20.8 Å². The fourth-order valence-electron chi connectivity index (χ4n) is 4.04. The van der Waals surface area contributed by atoms with Crippen LogP contribution in [0, 0.1) is 5.41 Å². The van der Waals surface area contributed by atoms with Crippen LogP contribution in [-0.2, 0) is 20.6 Å². The van der Waals surface area contributed by atoms with E-state index in [9.17, 15) is 37.1 Å². The number of likely N-dealkylation sites (tertiary alicyclic amines) is 1. The molecule has 3 N–H and O–H groups in total. The van der Waals surface area contributed by atoms with Gasteiger partial charge in [-0.05, 0) is 17.5 Å². The number of carbonyl (C=O) groups is 5. The summed E-state index contributed by atoms with van der Waals surface area (Å²) in [6.45, 7) is 4.84. The highest BCUT2D eigenvalue weighted by molar-refractivity contribution is 5.99. The summed E-state index contributed by atoms with van der Waals surface area (Å²) in [6.07, 6.45) is -4.31. The molecule has 1 aliphatic heterocycles. The van der Waals surface area contributed by atoms with Crippen molar-refractivity contribution in [3.8, 4) is 0 Å². The van der Waals surface area contributed by atoms with Crippen molar-refractivity contribution in [3.63, 3.8) is 0 Å². The van der Waals surface area contributed by atoms with E-state index in [4.69, 9.17) is 5.11 Å². The second kappa shape index (κ2) is 10.5. The maximum Gasteiger partial charge on any atom is 0.424 e. The molecule has 2 atom stereocenters. The number of urea groups is 1. The maximum absolute atomic E-state index is 13.8. The molecule has 0 unspecified atom stereocenters. The van der Waals surface area contributed by atoms with E-state index in [0.29, 0.717) is 12.8 Å². The van der Waals surface area contributed by atoms with Gasteiger partial charge in [0.1, 0.15) is 12.3 Å². The summed E-state index contributed by atoms with van der Waals surface area (Å²) in [5.74, 6) is -3.21. The number of imide groups is 1. The van der Waals surface area contributed by atoms with Gasteiger partial charge in [-0.2, -0.15) is 17.7 Å². The second-order valence-electron chi connectivity index (χ2n) is 9.57. The highest BCUT2D eigenvalue weighted by atomic mass is 19.4. The SMILES string of the molecule is CC(C)(C)[C@H](NC(=O)c1ccccc1C(F)(F)F)C(=O)[N+]1(C(=O)N[C@H](C=O)CC(=O)O)CCCC1. The lowest BCUT2D eigenvalue weighted by Crippen LogP contribution is -2.67. The average molecular weight is 500 g/mol. The number of hydrogen-bond acceptors (Lipinski definition) is 5. The Morgan fingerprint density at radius 2 is 1.63 bits per heavy atom. The van der Waals surface area contributed by atoms with Crippen molar-refractivity contribution in [1.29, 1.82) is 0 Å². The third-order valence-electron chi connectivity index (χ3n) is 5.87. The molecule has 192 valence electrons. The van der Waals surface area contributed by atoms with Gasteiger partial charge in [-0.25, -0.2) is 9.59 Å². The molecule has 1 fully saturated rings. The van der Waals surface area contributed by atoms with Gasteiger partial charge in [-0.1, -0.05) is 32.9 Å². The number of benzene rings is 1. The molecule has 1 aromatic rings. The van der Waals surface area contributed by atoms with Gasteiger partial charge in [0.2, 0.25) is 0 Å². The summed E-state index contributed by atoms with van der Waals surface area (Å²) in [5, 5.41) is 13.6. The van der Waals surface area contributed by atoms with Crippen LogP contribution in [0.15, 0.2) is 24.3 Å². The molecular weight excluding hydrogens is 471 g/mol. The molecule has 1 aliphatic rings. The molecule has 0 bridgehead atoms. The minimum Gasteiger partial charge on any atom is -0.481 e. The molecule has 12 heteroatoms. The fourth-order valence-corrected chi connectivity index (χ4v) is 4.04. The third-order valence-corrected chi connectivity index (χ3v) is 5.87. The van der Waals surface area contributed by atoms with Crippen molar-refractivity contribution in [1.82, 2.24) is 10.6 Å². The zero-order valence-electron chi connectivity index (χ0n) is 19.6. The Labute approximate surface area is 200 Å². The Balaban J connectivity index is 2.41. The first-order valence-electron chi connectivity index (χ1n) is 11.0. The number of quaternary nitrogens is 1. The van der Waals surface area contributed by atoms with Crippen molar-refractivity contribution in [2.24, 2.45) is 5.41 Å². The number of carbonyl (C=O) groups excluding carboxylic acids is 4. The fraction of sp³-hybridized carbons (Fsp3) is 0.522. The Morgan fingerprint density at radius 3 is 2.11 bits per heavy atom. The first-order chi connectivity index (χ1) is 16.1. The normalized spacial score (nSPS) is 17.2. The third kappa shape index (κ3) is 6.44. The molecule has 1 heterocycles. The molecule has 35 heavy (non-hydrogen) atoms. The molecule has 9 nitrogen and oxygen atoms in total. The molecule has 0 spiro atoms. The van der Waals surface area contributed by atoms with Crippen LogP contribution in [0.5, 0.6) is 0 Å². The van der Waals surface area contributed by atoms with Gasteiger partial charge < -0.3 is 15.2 Å². The Bertz CT molecular complexity index is 997. The number of nitrogens with zero attached hydrogens (tertiary/aromatic N) is 1. The van der Waals surface area contributed by atoms with Gasteiger partial charge in [0, 0.05) is 12.8 Å². The molecule has 0 radical (unpaired) electrons. The van der Waals surface area contributed by atoms with E-state index >= 15 is 0 Å². The van der Waals surface area contributed by atoms with Crippen LogP contribution in [0.25, 0.3) is 0 Å². The Hall–Kier alpha value is -3.28. The Kier molecular flexibility index (Phi) is 8.43. The van der Waals surface area contributed by atoms with Crippen LogP contribution < -0.4 is 10.6 Å². The summed E-state index contributed by atoms with van der Waals surface area (Å²) in [5.41, 5.74) is -2.83. The van der Waals surface area contributed by atoms with Crippen LogP contribution in [0.3, 0.4) is 0 Å². The molecular formula is C23H29F3N3O6+. The number of carboxylic acid groups (broad SMARTS) is 1. The number of nitrogens with one attached hydrogen (secondary N) is 2. The van der Waals surface area contributed by atoms with Gasteiger partial charge in [0.25, 0.3) is 5.91 Å². The zero-order valence-corrected chi connectivity index (χ0v) is 19.6. The van der Waals surface area contributed by atoms with Crippen LogP contribution in [-0.4, -0.2) is 64.9 Å². The van der Waals surface area contributed by atoms with Crippen LogP contribution in [0.2, 0.25) is 0 Å². The summed E-state index contributed by atoms with van der Waals surface area (Å²) >= 11 is 0. The van der Waals surface area contributed by atoms with Crippen LogP contribution in [0.1, 0.15) is 56.0 Å². The minimum absolute atomic E-state index is 0.0326. The minimum atomic E-state index is -4.80.